The van der Waals surface area contributed by atoms with Crippen molar-refractivity contribution in [3.05, 3.63) is 29.6 Å². The van der Waals surface area contributed by atoms with E-state index in [1.165, 1.54) is 6.42 Å². The predicted molar refractivity (Wildman–Crippen MR) is 73.3 cm³/mol. The number of nitrogens with one attached hydrogen (secondary N) is 1. The second-order valence-corrected chi connectivity index (χ2v) is 5.94. The van der Waals surface area contributed by atoms with E-state index < -0.39 is 6.43 Å². The van der Waals surface area contributed by atoms with Crippen molar-refractivity contribution in [2.75, 3.05) is 6.54 Å². The Morgan fingerprint density at radius 1 is 1.33 bits per heavy atom. The minimum atomic E-state index is -2.63. The summed E-state index contributed by atoms with van der Waals surface area (Å²) >= 11 is 0. The average Bonchev–Trinajstić information content (AvgIpc) is 2.78. The molecule has 4 rings (SSSR count). The van der Waals surface area contributed by atoms with Gasteiger partial charge in [0.05, 0.1) is 11.0 Å². The molecule has 1 spiro atoms. The Morgan fingerprint density at radius 2 is 2.14 bits per heavy atom. The van der Waals surface area contributed by atoms with E-state index in [4.69, 9.17) is 0 Å². The molecule has 2 aromatic rings. The molecule has 1 N–H and O–H groups in total. The Hall–Kier alpha value is -1.98. The van der Waals surface area contributed by atoms with Crippen LogP contribution in [0, 0.1) is 0 Å². The van der Waals surface area contributed by atoms with Gasteiger partial charge in [0.25, 0.3) is 12.3 Å². The number of likely N-dealkylation sites (tertiary alicyclic amines) is 1. The summed E-state index contributed by atoms with van der Waals surface area (Å²) in [5.74, 6) is -0.356. The fourth-order valence-electron chi connectivity index (χ4n) is 3.38. The average molecular weight is 291 g/mol. The van der Waals surface area contributed by atoms with Gasteiger partial charge in [0.15, 0.2) is 5.82 Å². The summed E-state index contributed by atoms with van der Waals surface area (Å²) < 4.78 is 25.3. The lowest BCUT2D eigenvalue weighted by Crippen LogP contribution is -2.65. The maximum absolute atomic E-state index is 12.6. The quantitative estimate of drug-likeness (QED) is 0.923. The minimum Gasteiger partial charge on any atom is -0.337 e. The number of halogens is 2. The number of fused-ring (bicyclic) bond motifs is 1. The van der Waals surface area contributed by atoms with E-state index >= 15 is 0 Å². The van der Waals surface area contributed by atoms with Gasteiger partial charge in [-0.3, -0.25) is 4.79 Å². The first-order valence-electron chi connectivity index (χ1n) is 7.19. The first-order valence-corrected chi connectivity index (χ1v) is 7.19. The van der Waals surface area contributed by atoms with Gasteiger partial charge in [0.2, 0.25) is 0 Å². The zero-order chi connectivity index (χ0) is 14.6. The maximum Gasteiger partial charge on any atom is 0.295 e. The van der Waals surface area contributed by atoms with Crippen LogP contribution in [-0.4, -0.2) is 32.9 Å². The van der Waals surface area contributed by atoms with Crippen LogP contribution in [-0.2, 0) is 0 Å². The molecule has 0 bridgehead atoms. The molecule has 0 unspecified atom stereocenters. The molecular weight excluding hydrogens is 276 g/mol. The molecule has 110 valence electrons. The number of amides is 1. The fourth-order valence-corrected chi connectivity index (χ4v) is 3.38. The molecule has 1 saturated heterocycles. The smallest absolute Gasteiger partial charge is 0.295 e. The summed E-state index contributed by atoms with van der Waals surface area (Å²) in [5, 5.41) is 0. The van der Waals surface area contributed by atoms with E-state index in [9.17, 15) is 13.6 Å². The molecule has 21 heavy (non-hydrogen) atoms. The summed E-state index contributed by atoms with van der Waals surface area (Å²) in [6, 6.07) is 4.92. The molecule has 2 fully saturated rings. The Labute approximate surface area is 120 Å². The minimum absolute atomic E-state index is 0.00366. The SMILES string of the molecule is O=C(c1ccc2nc(C(F)F)[nH]c2c1)N1CCC12CCC2. The summed E-state index contributed by atoms with van der Waals surface area (Å²) in [7, 11) is 0. The van der Waals surface area contributed by atoms with Crippen LogP contribution in [0.1, 0.15) is 48.3 Å². The summed E-state index contributed by atoms with van der Waals surface area (Å²) in [5.41, 5.74) is 1.58. The van der Waals surface area contributed by atoms with Crippen LogP contribution in [0.5, 0.6) is 0 Å². The first-order chi connectivity index (χ1) is 10.1. The highest BCUT2D eigenvalue weighted by molar-refractivity contribution is 5.98. The topological polar surface area (TPSA) is 49.0 Å². The van der Waals surface area contributed by atoms with Crippen LogP contribution in [0.15, 0.2) is 18.2 Å². The number of aromatic amines is 1. The number of aromatic nitrogens is 2. The number of nitrogens with zero attached hydrogens (tertiary/aromatic N) is 2. The molecule has 0 radical (unpaired) electrons. The van der Waals surface area contributed by atoms with Crippen LogP contribution < -0.4 is 0 Å². The van der Waals surface area contributed by atoms with E-state index in [-0.39, 0.29) is 17.3 Å². The monoisotopic (exact) mass is 291 g/mol. The molecule has 1 aromatic heterocycles. The van der Waals surface area contributed by atoms with E-state index in [0.717, 1.165) is 25.8 Å². The molecule has 0 atom stereocenters. The van der Waals surface area contributed by atoms with Crippen LogP contribution in [0.4, 0.5) is 8.78 Å². The highest BCUT2D eigenvalue weighted by Gasteiger charge is 2.51. The fraction of sp³-hybridized carbons (Fsp3) is 0.467. The van der Waals surface area contributed by atoms with Gasteiger partial charge in [0, 0.05) is 17.6 Å². The number of hydrogen-bond acceptors (Lipinski definition) is 2. The standard InChI is InChI=1S/C15H15F2N3O/c16-12(17)13-18-10-3-2-9(8-11(10)19-13)14(21)20-7-6-15(20)4-1-5-15/h2-3,8,12H,1,4-7H2,(H,18,19). The maximum atomic E-state index is 12.6. The summed E-state index contributed by atoms with van der Waals surface area (Å²) in [6.07, 6.45) is 1.80. The predicted octanol–water partition coefficient (Wildman–Crippen LogP) is 3.27. The molecule has 1 aromatic carbocycles. The number of H-pyrrole nitrogens is 1. The lowest BCUT2D eigenvalue weighted by atomic mass is 9.67. The van der Waals surface area contributed by atoms with Gasteiger partial charge in [-0.25, -0.2) is 13.8 Å². The number of imidazole rings is 1. The molecule has 1 saturated carbocycles. The van der Waals surface area contributed by atoms with Crippen molar-refractivity contribution in [1.29, 1.82) is 0 Å². The highest BCUT2D eigenvalue weighted by atomic mass is 19.3. The van der Waals surface area contributed by atoms with E-state index in [1.54, 1.807) is 18.2 Å². The zero-order valence-electron chi connectivity index (χ0n) is 11.4. The van der Waals surface area contributed by atoms with Gasteiger partial charge >= 0.3 is 0 Å². The Morgan fingerprint density at radius 3 is 2.71 bits per heavy atom. The molecule has 2 aliphatic rings. The van der Waals surface area contributed by atoms with Crippen molar-refractivity contribution in [1.82, 2.24) is 14.9 Å². The third-order valence-electron chi connectivity index (χ3n) is 4.86. The number of carbonyl (C=O) groups excluding carboxylic acids is 1. The lowest BCUT2D eigenvalue weighted by Gasteiger charge is -2.58. The third-order valence-corrected chi connectivity index (χ3v) is 4.86. The van der Waals surface area contributed by atoms with Crippen LogP contribution in [0.3, 0.4) is 0 Å². The van der Waals surface area contributed by atoms with Crippen molar-refractivity contribution < 1.29 is 13.6 Å². The second kappa shape index (κ2) is 4.26. The number of alkyl halides is 2. The van der Waals surface area contributed by atoms with Gasteiger partial charge in [-0.15, -0.1) is 0 Å². The van der Waals surface area contributed by atoms with E-state index in [0.29, 0.717) is 16.6 Å². The Kier molecular flexibility index (Phi) is 2.58. The molecule has 2 heterocycles. The van der Waals surface area contributed by atoms with Crippen molar-refractivity contribution in [2.24, 2.45) is 0 Å². The van der Waals surface area contributed by atoms with Gasteiger partial charge in [-0.05, 0) is 43.9 Å². The normalized spacial score (nSPS) is 19.9. The number of hydrogen-bond donors (Lipinski definition) is 1. The number of rotatable bonds is 2. The van der Waals surface area contributed by atoms with Crippen molar-refractivity contribution >= 4 is 16.9 Å². The van der Waals surface area contributed by atoms with Gasteiger partial charge in [0.1, 0.15) is 0 Å². The van der Waals surface area contributed by atoms with Gasteiger partial charge in [-0.1, -0.05) is 0 Å². The van der Waals surface area contributed by atoms with Crippen LogP contribution in [0.25, 0.3) is 11.0 Å². The summed E-state index contributed by atoms with van der Waals surface area (Å²) in [6.45, 7) is 0.794. The summed E-state index contributed by atoms with van der Waals surface area (Å²) in [4.78, 5) is 20.9. The molecular formula is C15H15F2N3O. The van der Waals surface area contributed by atoms with Crippen molar-refractivity contribution in [2.45, 2.75) is 37.6 Å². The van der Waals surface area contributed by atoms with E-state index in [1.807, 2.05) is 4.90 Å². The van der Waals surface area contributed by atoms with Crippen LogP contribution >= 0.6 is 0 Å². The van der Waals surface area contributed by atoms with Crippen molar-refractivity contribution in [3.63, 3.8) is 0 Å². The lowest BCUT2D eigenvalue weighted by molar-refractivity contribution is -0.0487. The third kappa shape index (κ3) is 1.78. The highest BCUT2D eigenvalue weighted by Crippen LogP contribution is 2.47. The largest absolute Gasteiger partial charge is 0.337 e. The number of carbonyl (C=O) groups is 1. The first kappa shape index (κ1) is 12.7. The Bertz CT molecular complexity index is 715. The molecule has 1 aliphatic carbocycles. The van der Waals surface area contributed by atoms with Crippen molar-refractivity contribution in [3.8, 4) is 0 Å². The molecule has 6 heteroatoms. The molecule has 4 nitrogen and oxygen atoms in total. The molecule has 1 aliphatic heterocycles. The van der Waals surface area contributed by atoms with Crippen LogP contribution in [0.2, 0.25) is 0 Å². The zero-order valence-corrected chi connectivity index (χ0v) is 11.4. The number of benzene rings is 1. The second-order valence-electron chi connectivity index (χ2n) is 5.94. The molecule has 1 amide bonds. The van der Waals surface area contributed by atoms with E-state index in [2.05, 4.69) is 9.97 Å². The van der Waals surface area contributed by atoms with Gasteiger partial charge in [-0.2, -0.15) is 0 Å². The van der Waals surface area contributed by atoms with Gasteiger partial charge < -0.3 is 9.88 Å². The Balaban J connectivity index is 1.65.